The van der Waals surface area contributed by atoms with Gasteiger partial charge in [0, 0.05) is 11.0 Å². The van der Waals surface area contributed by atoms with E-state index in [1.807, 2.05) is 12.1 Å². The number of hydrogen-bond acceptors (Lipinski definition) is 3. The number of halogens is 1. The maximum Gasteiger partial charge on any atom is 0.158 e. The Bertz CT molecular complexity index is 431. The summed E-state index contributed by atoms with van der Waals surface area (Å²) in [7, 11) is -3.13. The second-order valence-electron chi connectivity index (χ2n) is 3.48. The Labute approximate surface area is 98.7 Å². The minimum Gasteiger partial charge on any atom is -0.329 e. The van der Waals surface area contributed by atoms with Gasteiger partial charge in [0.05, 0.1) is 11.0 Å². The van der Waals surface area contributed by atoms with Crippen LogP contribution in [0.15, 0.2) is 28.7 Å². The van der Waals surface area contributed by atoms with E-state index in [0.717, 1.165) is 10.0 Å². The van der Waals surface area contributed by atoms with Crippen LogP contribution in [0.2, 0.25) is 0 Å². The molecule has 1 aromatic carbocycles. The van der Waals surface area contributed by atoms with Gasteiger partial charge in [-0.2, -0.15) is 0 Å². The van der Waals surface area contributed by atoms with Crippen LogP contribution in [-0.2, 0) is 15.6 Å². The molecule has 5 heteroatoms. The second kappa shape index (κ2) is 5.09. The van der Waals surface area contributed by atoms with E-state index in [2.05, 4.69) is 15.9 Å². The van der Waals surface area contributed by atoms with Crippen LogP contribution in [0.3, 0.4) is 0 Å². The maximum atomic E-state index is 11.7. The summed E-state index contributed by atoms with van der Waals surface area (Å²) in [5, 5.41) is -0.489. The fourth-order valence-corrected chi connectivity index (χ4v) is 2.82. The van der Waals surface area contributed by atoms with Gasteiger partial charge >= 0.3 is 0 Å². The predicted octanol–water partition coefficient (Wildman–Crippen LogP) is 1.71. The average Bonchev–Trinajstić information content (AvgIpc) is 2.15. The highest BCUT2D eigenvalue weighted by Crippen LogP contribution is 2.15. The third-order valence-corrected chi connectivity index (χ3v) is 4.85. The molecule has 0 heterocycles. The van der Waals surface area contributed by atoms with Gasteiger partial charge in [-0.15, -0.1) is 0 Å². The van der Waals surface area contributed by atoms with Crippen LogP contribution in [0.4, 0.5) is 0 Å². The number of nitrogens with two attached hydrogens (primary N) is 1. The van der Waals surface area contributed by atoms with Gasteiger partial charge in [-0.1, -0.05) is 28.1 Å². The van der Waals surface area contributed by atoms with Crippen LogP contribution in [0, 0.1) is 0 Å². The lowest BCUT2D eigenvalue weighted by atomic mass is 10.2. The van der Waals surface area contributed by atoms with E-state index in [4.69, 9.17) is 5.73 Å². The molecule has 0 bridgehead atoms. The van der Waals surface area contributed by atoms with Gasteiger partial charge in [-0.25, -0.2) is 8.42 Å². The molecule has 0 amide bonds. The highest BCUT2D eigenvalue weighted by molar-refractivity contribution is 9.10. The Hall–Kier alpha value is -0.390. The first-order chi connectivity index (χ1) is 6.95. The smallest absolute Gasteiger partial charge is 0.158 e. The van der Waals surface area contributed by atoms with Gasteiger partial charge in [-0.05, 0) is 24.6 Å². The normalized spacial score (nSPS) is 13.8. The molecule has 1 atom stereocenters. The molecular weight excluding hydrogens is 278 g/mol. The Balaban J connectivity index is 2.87. The van der Waals surface area contributed by atoms with E-state index in [1.54, 1.807) is 19.1 Å². The monoisotopic (exact) mass is 291 g/mol. The van der Waals surface area contributed by atoms with Crippen LogP contribution < -0.4 is 5.73 Å². The highest BCUT2D eigenvalue weighted by atomic mass is 79.9. The zero-order valence-electron chi connectivity index (χ0n) is 8.48. The second-order valence-corrected chi connectivity index (χ2v) is 6.82. The van der Waals surface area contributed by atoms with Crippen molar-refractivity contribution in [2.75, 3.05) is 6.54 Å². The molecule has 0 saturated carbocycles. The van der Waals surface area contributed by atoms with Crippen molar-refractivity contribution in [1.82, 2.24) is 0 Å². The molecule has 0 aliphatic carbocycles. The summed E-state index contributed by atoms with van der Waals surface area (Å²) in [6.45, 7) is 1.80. The van der Waals surface area contributed by atoms with Crippen molar-refractivity contribution < 1.29 is 8.42 Å². The van der Waals surface area contributed by atoms with Crippen LogP contribution in [0.1, 0.15) is 12.5 Å². The van der Waals surface area contributed by atoms with Gasteiger partial charge in [0.1, 0.15) is 0 Å². The van der Waals surface area contributed by atoms with Gasteiger partial charge in [0.25, 0.3) is 0 Å². The summed E-state index contributed by atoms with van der Waals surface area (Å²) in [5.41, 5.74) is 6.14. The molecule has 0 saturated heterocycles. The van der Waals surface area contributed by atoms with Crippen molar-refractivity contribution in [1.29, 1.82) is 0 Å². The first-order valence-corrected chi connectivity index (χ1v) is 7.12. The largest absolute Gasteiger partial charge is 0.329 e. The fourth-order valence-electron chi connectivity index (χ4n) is 1.15. The number of benzene rings is 1. The lowest BCUT2D eigenvalue weighted by Gasteiger charge is -2.10. The summed E-state index contributed by atoms with van der Waals surface area (Å²) in [5.74, 6) is 0.0464. The minimum absolute atomic E-state index is 0.0464. The Morgan fingerprint density at radius 1 is 1.47 bits per heavy atom. The zero-order valence-corrected chi connectivity index (χ0v) is 10.9. The van der Waals surface area contributed by atoms with Crippen LogP contribution >= 0.6 is 15.9 Å². The molecule has 1 rings (SSSR count). The van der Waals surface area contributed by atoms with E-state index in [9.17, 15) is 8.42 Å². The third kappa shape index (κ3) is 3.59. The van der Waals surface area contributed by atoms with Gasteiger partial charge in [0.15, 0.2) is 9.84 Å². The summed E-state index contributed by atoms with van der Waals surface area (Å²) in [4.78, 5) is 0. The standard InChI is InChI=1S/C10H14BrNO2S/c1-8(6-12)15(13,14)7-9-3-2-4-10(11)5-9/h2-5,8H,6-7,12H2,1H3. The van der Waals surface area contributed by atoms with Gasteiger partial charge < -0.3 is 5.73 Å². The molecule has 0 spiro atoms. The number of sulfone groups is 1. The summed E-state index contributed by atoms with van der Waals surface area (Å²) < 4.78 is 24.4. The topological polar surface area (TPSA) is 60.2 Å². The Kier molecular flexibility index (Phi) is 4.31. The molecule has 84 valence electrons. The molecule has 0 aliphatic heterocycles. The van der Waals surface area contributed by atoms with E-state index < -0.39 is 15.1 Å². The van der Waals surface area contributed by atoms with E-state index in [0.29, 0.717) is 0 Å². The van der Waals surface area contributed by atoms with E-state index in [1.165, 1.54) is 0 Å². The first-order valence-electron chi connectivity index (χ1n) is 4.62. The summed E-state index contributed by atoms with van der Waals surface area (Å²) in [6.07, 6.45) is 0. The molecule has 0 aliphatic rings. The van der Waals surface area contributed by atoms with E-state index >= 15 is 0 Å². The Morgan fingerprint density at radius 2 is 2.13 bits per heavy atom. The molecule has 0 aromatic heterocycles. The van der Waals surface area contributed by atoms with Gasteiger partial charge in [0.2, 0.25) is 0 Å². The fraction of sp³-hybridized carbons (Fsp3) is 0.400. The van der Waals surface area contributed by atoms with Crippen molar-refractivity contribution in [2.45, 2.75) is 17.9 Å². The van der Waals surface area contributed by atoms with Crippen LogP contribution in [-0.4, -0.2) is 20.2 Å². The minimum atomic E-state index is -3.13. The lowest BCUT2D eigenvalue weighted by molar-refractivity contribution is 0.583. The molecule has 0 radical (unpaired) electrons. The van der Waals surface area contributed by atoms with Crippen molar-refractivity contribution in [3.05, 3.63) is 34.3 Å². The third-order valence-electron chi connectivity index (χ3n) is 2.20. The lowest BCUT2D eigenvalue weighted by Crippen LogP contribution is -2.27. The first kappa shape index (κ1) is 12.7. The number of hydrogen-bond donors (Lipinski definition) is 1. The summed E-state index contributed by atoms with van der Waals surface area (Å²) >= 11 is 3.30. The van der Waals surface area contributed by atoms with Crippen LogP contribution in [0.25, 0.3) is 0 Å². The van der Waals surface area contributed by atoms with Gasteiger partial charge in [-0.3, -0.25) is 0 Å². The molecule has 2 N–H and O–H groups in total. The molecule has 0 fully saturated rings. The SMILES string of the molecule is CC(CN)S(=O)(=O)Cc1cccc(Br)c1. The molecule has 1 unspecified atom stereocenters. The summed E-state index contributed by atoms with van der Waals surface area (Å²) in [6, 6.07) is 7.29. The van der Waals surface area contributed by atoms with E-state index in [-0.39, 0.29) is 12.3 Å². The highest BCUT2D eigenvalue weighted by Gasteiger charge is 2.19. The van der Waals surface area contributed by atoms with Crippen molar-refractivity contribution in [2.24, 2.45) is 5.73 Å². The van der Waals surface area contributed by atoms with Crippen LogP contribution in [0.5, 0.6) is 0 Å². The Morgan fingerprint density at radius 3 is 2.67 bits per heavy atom. The predicted molar refractivity (Wildman–Crippen MR) is 65.3 cm³/mol. The molecule has 3 nitrogen and oxygen atoms in total. The zero-order chi connectivity index (χ0) is 11.5. The average molecular weight is 292 g/mol. The maximum absolute atomic E-state index is 11.7. The molecule has 15 heavy (non-hydrogen) atoms. The number of rotatable bonds is 4. The molecule has 1 aromatic rings. The van der Waals surface area contributed by atoms with Crippen molar-refractivity contribution >= 4 is 25.8 Å². The van der Waals surface area contributed by atoms with Crippen molar-refractivity contribution in [3.63, 3.8) is 0 Å². The molecular formula is C10H14BrNO2S. The quantitative estimate of drug-likeness (QED) is 0.919. The van der Waals surface area contributed by atoms with Crippen molar-refractivity contribution in [3.8, 4) is 0 Å².